The largest absolute Gasteiger partial charge is 0.497 e. The molecule has 1 aliphatic heterocycles. The van der Waals surface area contributed by atoms with Gasteiger partial charge in [-0.1, -0.05) is 29.5 Å². The molecule has 1 N–H and O–H groups in total. The van der Waals surface area contributed by atoms with Crippen LogP contribution in [0.4, 0.5) is 0 Å². The van der Waals surface area contributed by atoms with Gasteiger partial charge in [-0.2, -0.15) is 4.31 Å². The van der Waals surface area contributed by atoms with E-state index in [2.05, 4.69) is 9.97 Å². The van der Waals surface area contributed by atoms with E-state index in [1.54, 1.807) is 18.1 Å². The Morgan fingerprint density at radius 3 is 2.56 bits per heavy atom. The molecule has 1 saturated heterocycles. The second-order valence-corrected chi connectivity index (χ2v) is 10.6. The highest BCUT2D eigenvalue weighted by Crippen LogP contribution is 2.25. The van der Waals surface area contributed by atoms with E-state index >= 15 is 0 Å². The minimum absolute atomic E-state index is 0.0309. The van der Waals surface area contributed by atoms with Crippen LogP contribution in [-0.2, 0) is 14.8 Å². The van der Waals surface area contributed by atoms with Gasteiger partial charge >= 0.3 is 0 Å². The quantitative estimate of drug-likeness (QED) is 0.552. The molecule has 0 spiro atoms. The van der Waals surface area contributed by atoms with Crippen molar-refractivity contribution in [2.75, 3.05) is 39.0 Å². The summed E-state index contributed by atoms with van der Waals surface area (Å²) in [5, 5.41) is 0.665. The third kappa shape index (κ3) is 4.62. The van der Waals surface area contributed by atoms with Crippen LogP contribution >= 0.6 is 11.8 Å². The summed E-state index contributed by atoms with van der Waals surface area (Å²) in [6.45, 7) is 5.08. The molecule has 0 aliphatic carbocycles. The molecular weight excluding hydrogens is 448 g/mol. The number of thioether (sulfide) groups is 1. The molecule has 0 radical (unpaired) electrons. The number of hydrogen-bond donors (Lipinski definition) is 1. The number of aryl methyl sites for hydroxylation is 2. The highest BCUT2D eigenvalue weighted by molar-refractivity contribution is 7.99. The summed E-state index contributed by atoms with van der Waals surface area (Å²) in [6.07, 6.45) is 0. The first-order valence-corrected chi connectivity index (χ1v) is 12.7. The van der Waals surface area contributed by atoms with Gasteiger partial charge in [0.1, 0.15) is 5.75 Å². The number of rotatable bonds is 6. The molecule has 0 atom stereocenters. The summed E-state index contributed by atoms with van der Waals surface area (Å²) in [6, 6.07) is 10.9. The summed E-state index contributed by atoms with van der Waals surface area (Å²) in [5.41, 5.74) is 3.43. The first kappa shape index (κ1) is 22.6. The number of nitrogens with zero attached hydrogens (tertiary/aromatic N) is 3. The lowest BCUT2D eigenvalue weighted by Gasteiger charge is -2.34. The van der Waals surface area contributed by atoms with Gasteiger partial charge in [0.25, 0.3) is 0 Å². The van der Waals surface area contributed by atoms with Gasteiger partial charge in [-0.3, -0.25) is 4.79 Å². The molecule has 1 amide bonds. The number of aromatic amines is 1. The van der Waals surface area contributed by atoms with Gasteiger partial charge in [0.2, 0.25) is 15.9 Å². The predicted molar refractivity (Wildman–Crippen MR) is 125 cm³/mol. The first-order chi connectivity index (χ1) is 15.3. The Morgan fingerprint density at radius 1 is 1.12 bits per heavy atom. The Hall–Kier alpha value is -2.56. The Labute approximate surface area is 192 Å². The van der Waals surface area contributed by atoms with Crippen LogP contribution in [0.3, 0.4) is 0 Å². The van der Waals surface area contributed by atoms with Gasteiger partial charge < -0.3 is 14.6 Å². The number of amides is 1. The number of methoxy groups -OCH3 is 1. The maximum absolute atomic E-state index is 13.0. The summed E-state index contributed by atoms with van der Waals surface area (Å²) in [5.74, 6) is 0.944. The zero-order chi connectivity index (χ0) is 22.9. The van der Waals surface area contributed by atoms with Crippen LogP contribution in [0.25, 0.3) is 11.0 Å². The number of H-pyrrole nitrogens is 1. The molecular formula is C22H26N4O4S2. The van der Waals surface area contributed by atoms with E-state index in [4.69, 9.17) is 4.74 Å². The fourth-order valence-corrected chi connectivity index (χ4v) is 6.20. The van der Waals surface area contributed by atoms with E-state index < -0.39 is 10.0 Å². The number of benzene rings is 2. The Balaban J connectivity index is 1.34. The van der Waals surface area contributed by atoms with Crippen LogP contribution in [0.15, 0.2) is 46.5 Å². The molecule has 2 heterocycles. The van der Waals surface area contributed by atoms with Crippen LogP contribution in [0.2, 0.25) is 0 Å². The molecule has 1 fully saturated rings. The molecule has 2 aromatic carbocycles. The number of sulfonamides is 1. The summed E-state index contributed by atoms with van der Waals surface area (Å²) in [7, 11) is -1.96. The van der Waals surface area contributed by atoms with Gasteiger partial charge in [-0.15, -0.1) is 0 Å². The summed E-state index contributed by atoms with van der Waals surface area (Å²) >= 11 is 1.34. The van der Waals surface area contributed by atoms with E-state index in [1.807, 2.05) is 44.2 Å². The average Bonchev–Trinajstić information content (AvgIpc) is 3.19. The molecule has 32 heavy (non-hydrogen) atoms. The second-order valence-electron chi connectivity index (χ2n) is 7.77. The van der Waals surface area contributed by atoms with Crippen LogP contribution in [0.1, 0.15) is 11.1 Å². The molecule has 1 aromatic heterocycles. The van der Waals surface area contributed by atoms with Crippen LogP contribution < -0.4 is 4.74 Å². The monoisotopic (exact) mass is 474 g/mol. The minimum Gasteiger partial charge on any atom is -0.497 e. The molecule has 8 nitrogen and oxygen atoms in total. The van der Waals surface area contributed by atoms with Gasteiger partial charge in [0, 0.05) is 32.2 Å². The highest BCUT2D eigenvalue weighted by atomic mass is 32.2. The highest BCUT2D eigenvalue weighted by Gasteiger charge is 2.31. The smallest absolute Gasteiger partial charge is 0.243 e. The van der Waals surface area contributed by atoms with Gasteiger partial charge in [-0.05, 0) is 37.6 Å². The summed E-state index contributed by atoms with van der Waals surface area (Å²) < 4.78 is 32.8. The topological polar surface area (TPSA) is 95.6 Å². The van der Waals surface area contributed by atoms with Crippen molar-refractivity contribution in [3.63, 3.8) is 0 Å². The van der Waals surface area contributed by atoms with E-state index in [0.717, 1.165) is 27.9 Å². The molecule has 3 aromatic rings. The Kier molecular flexibility index (Phi) is 6.45. The Bertz CT molecular complexity index is 1250. The maximum Gasteiger partial charge on any atom is 0.243 e. The predicted octanol–water partition coefficient (Wildman–Crippen LogP) is 2.81. The number of nitrogens with one attached hydrogen (secondary N) is 1. The van der Waals surface area contributed by atoms with Crippen molar-refractivity contribution in [1.29, 1.82) is 0 Å². The van der Waals surface area contributed by atoms with Crippen LogP contribution in [0.5, 0.6) is 5.75 Å². The van der Waals surface area contributed by atoms with Crippen molar-refractivity contribution in [3.8, 4) is 5.75 Å². The fraction of sp³-hybridized carbons (Fsp3) is 0.364. The van der Waals surface area contributed by atoms with Crippen molar-refractivity contribution in [2.24, 2.45) is 0 Å². The van der Waals surface area contributed by atoms with Crippen molar-refractivity contribution >= 4 is 38.7 Å². The number of aromatic nitrogens is 2. The zero-order valence-corrected chi connectivity index (χ0v) is 19.9. The average molecular weight is 475 g/mol. The number of hydrogen-bond acceptors (Lipinski definition) is 6. The number of fused-ring (bicyclic) bond motifs is 1. The van der Waals surface area contributed by atoms with E-state index in [9.17, 15) is 13.2 Å². The standard InChI is InChI=1S/C22H26N4O4S2/c1-15-4-7-20(16(2)12-15)32(28,29)26-10-8-25(9-11-26)21(27)14-31-22-23-18-6-5-17(30-3)13-19(18)24-22/h4-7,12-13H,8-11,14H2,1-3H3,(H,23,24). The lowest BCUT2D eigenvalue weighted by molar-refractivity contribution is -0.129. The normalized spacial score (nSPS) is 15.3. The lowest BCUT2D eigenvalue weighted by Crippen LogP contribution is -2.51. The molecule has 0 unspecified atom stereocenters. The zero-order valence-electron chi connectivity index (χ0n) is 18.3. The van der Waals surface area contributed by atoms with Crippen molar-refractivity contribution in [1.82, 2.24) is 19.2 Å². The number of carbonyl (C=O) groups is 1. The van der Waals surface area contributed by atoms with Gasteiger partial charge in [0.05, 0.1) is 28.8 Å². The van der Waals surface area contributed by atoms with Gasteiger partial charge in [-0.25, -0.2) is 13.4 Å². The van der Waals surface area contributed by atoms with E-state index in [0.29, 0.717) is 23.1 Å². The van der Waals surface area contributed by atoms with E-state index in [-0.39, 0.29) is 24.7 Å². The summed E-state index contributed by atoms with van der Waals surface area (Å²) in [4.78, 5) is 22.4. The molecule has 0 saturated carbocycles. The third-order valence-electron chi connectivity index (χ3n) is 5.54. The molecule has 10 heteroatoms. The van der Waals surface area contributed by atoms with Crippen molar-refractivity contribution < 1.29 is 17.9 Å². The van der Waals surface area contributed by atoms with E-state index in [1.165, 1.54) is 16.1 Å². The first-order valence-electron chi connectivity index (χ1n) is 10.3. The molecule has 170 valence electrons. The van der Waals surface area contributed by atoms with Crippen LogP contribution in [0, 0.1) is 13.8 Å². The van der Waals surface area contributed by atoms with Crippen molar-refractivity contribution in [2.45, 2.75) is 23.9 Å². The maximum atomic E-state index is 13.0. The molecule has 1 aliphatic rings. The number of ether oxygens (including phenoxy) is 1. The number of imidazole rings is 1. The number of piperazine rings is 1. The SMILES string of the molecule is COc1ccc2nc(SCC(=O)N3CCN(S(=O)(=O)c4ccc(C)cc4C)CC3)[nH]c2c1. The second kappa shape index (κ2) is 9.13. The Morgan fingerprint density at radius 2 is 1.88 bits per heavy atom. The third-order valence-corrected chi connectivity index (χ3v) is 8.46. The molecule has 0 bridgehead atoms. The van der Waals surface area contributed by atoms with Gasteiger partial charge in [0.15, 0.2) is 5.16 Å². The minimum atomic E-state index is -3.57. The van der Waals surface area contributed by atoms with Crippen molar-refractivity contribution in [3.05, 3.63) is 47.5 Å². The lowest BCUT2D eigenvalue weighted by atomic mass is 10.2. The molecule has 4 rings (SSSR count). The van der Waals surface area contributed by atoms with Crippen LogP contribution in [-0.4, -0.2) is 72.5 Å². The fourth-order valence-electron chi connectivity index (χ4n) is 3.79. The number of carbonyl (C=O) groups excluding carboxylic acids is 1.